The molecule has 2 unspecified atom stereocenters. The van der Waals surface area contributed by atoms with Crippen LogP contribution < -0.4 is 5.32 Å². The number of aryl methyl sites for hydroxylation is 1. The van der Waals surface area contributed by atoms with Crippen LogP contribution in [0.15, 0.2) is 46.6 Å². The summed E-state index contributed by atoms with van der Waals surface area (Å²) >= 11 is 0. The number of nitrogens with zero attached hydrogens (tertiary/aromatic N) is 6. The first-order valence-electron chi connectivity index (χ1n) is 9.80. The van der Waals surface area contributed by atoms with Crippen molar-refractivity contribution in [3.05, 3.63) is 31.1 Å². The molecule has 0 amide bonds. The minimum absolute atomic E-state index is 0.00309. The predicted octanol–water partition coefficient (Wildman–Crippen LogP) is 3.24. The quantitative estimate of drug-likeness (QED) is 0.572. The van der Waals surface area contributed by atoms with E-state index in [0.29, 0.717) is 5.92 Å². The molecule has 4 rings (SSSR count). The Kier molecular flexibility index (Phi) is 5.68. The van der Waals surface area contributed by atoms with Crippen molar-refractivity contribution in [1.82, 2.24) is 14.9 Å². The van der Waals surface area contributed by atoms with Gasteiger partial charge in [-0.25, -0.2) is 4.98 Å². The van der Waals surface area contributed by atoms with Gasteiger partial charge in [0.05, 0.1) is 12.6 Å². The van der Waals surface area contributed by atoms with Gasteiger partial charge in [-0.2, -0.15) is 0 Å². The topological polar surface area (TPSA) is 79.2 Å². The third-order valence-corrected chi connectivity index (χ3v) is 5.52. The minimum Gasteiger partial charge on any atom is -0.492 e. The highest BCUT2D eigenvalue weighted by Crippen LogP contribution is 2.33. The molecule has 140 valence electrons. The zero-order valence-electron chi connectivity index (χ0n) is 15.2. The fourth-order valence-electron chi connectivity index (χ4n) is 4.13. The average molecular weight is 358 g/mol. The Labute approximate surface area is 154 Å². The van der Waals surface area contributed by atoms with Crippen molar-refractivity contribution >= 4 is 0 Å². The van der Waals surface area contributed by atoms with E-state index in [4.69, 9.17) is 4.74 Å². The lowest BCUT2D eigenvalue weighted by atomic mass is 10.0. The van der Waals surface area contributed by atoms with Crippen molar-refractivity contribution in [1.29, 1.82) is 0 Å². The molecular weight excluding hydrogens is 330 g/mol. The number of nitrogens with one attached hydrogen (secondary N) is 1. The highest BCUT2D eigenvalue weighted by molar-refractivity contribution is 4.86. The summed E-state index contributed by atoms with van der Waals surface area (Å²) in [5, 5.41) is 16.5. The van der Waals surface area contributed by atoms with Crippen LogP contribution in [-0.4, -0.2) is 39.2 Å². The van der Waals surface area contributed by atoms with Crippen molar-refractivity contribution < 1.29 is 9.43 Å². The number of aromatic nitrogens is 2. The fourth-order valence-corrected chi connectivity index (χ4v) is 4.13. The predicted molar refractivity (Wildman–Crippen MR) is 95.2 cm³/mol. The minimum atomic E-state index is 0.00309. The van der Waals surface area contributed by atoms with Crippen LogP contribution in [0.3, 0.4) is 0 Å². The largest absolute Gasteiger partial charge is 0.492 e. The van der Waals surface area contributed by atoms with Gasteiger partial charge >= 0.3 is 0 Å². The zero-order chi connectivity index (χ0) is 17.6. The Hall–Kier alpha value is -2.09. The molecule has 1 N–H and O–H groups in total. The van der Waals surface area contributed by atoms with Crippen molar-refractivity contribution in [2.24, 2.45) is 21.5 Å². The first kappa shape index (κ1) is 17.3. The molecule has 0 bridgehead atoms. The molecule has 0 aromatic carbocycles. The van der Waals surface area contributed by atoms with Gasteiger partial charge < -0.3 is 9.30 Å². The summed E-state index contributed by atoms with van der Waals surface area (Å²) in [4.78, 5) is 4.09. The molecule has 8 heteroatoms. The molecule has 2 aliphatic heterocycles. The Morgan fingerprint density at radius 1 is 1.27 bits per heavy atom. The molecule has 0 spiro atoms. The highest BCUT2D eigenvalue weighted by atomic mass is 16.5. The van der Waals surface area contributed by atoms with Crippen LogP contribution in [0.5, 0.6) is 0 Å². The molecule has 8 nitrogen and oxygen atoms in total. The Bertz CT molecular complexity index is 649. The standard InChI is InChI=1S/C18H28N7O/c1-2-7-15(6-1)17-21-22-23-25(17)18(16-8-3-4-13-26-16)20-9-5-11-24-12-10-19-14-24/h4,10,12-18,20H,1-3,5-9,11H2/q+1/t16-,17?,18?/m0/s1. The van der Waals surface area contributed by atoms with E-state index in [1.807, 2.05) is 25.0 Å². The summed E-state index contributed by atoms with van der Waals surface area (Å²) in [6.45, 7) is 1.83. The first-order valence-corrected chi connectivity index (χ1v) is 9.80. The second-order valence-corrected chi connectivity index (χ2v) is 7.31. The van der Waals surface area contributed by atoms with Gasteiger partial charge in [0, 0.05) is 36.5 Å². The maximum atomic E-state index is 5.92. The van der Waals surface area contributed by atoms with Gasteiger partial charge in [-0.15, -0.1) is 4.70 Å². The Morgan fingerprint density at radius 3 is 2.96 bits per heavy atom. The maximum Gasteiger partial charge on any atom is 0.257 e. The third-order valence-electron chi connectivity index (χ3n) is 5.52. The highest BCUT2D eigenvalue weighted by Gasteiger charge is 2.43. The number of rotatable bonds is 8. The fraction of sp³-hybridized carbons (Fsp3) is 0.722. The average Bonchev–Trinajstić information content (AvgIpc) is 3.44. The lowest BCUT2D eigenvalue weighted by molar-refractivity contribution is -0.670. The lowest BCUT2D eigenvalue weighted by Gasteiger charge is -2.29. The van der Waals surface area contributed by atoms with Gasteiger partial charge in [0.2, 0.25) is 11.4 Å². The maximum absolute atomic E-state index is 5.92. The zero-order valence-corrected chi connectivity index (χ0v) is 15.2. The number of hydrogen-bond donors (Lipinski definition) is 1. The van der Waals surface area contributed by atoms with Gasteiger partial charge in [-0.3, -0.25) is 5.32 Å². The third kappa shape index (κ3) is 4.00. The smallest absolute Gasteiger partial charge is 0.257 e. The summed E-state index contributed by atoms with van der Waals surface area (Å²) in [7, 11) is 0. The second-order valence-electron chi connectivity index (χ2n) is 7.31. The van der Waals surface area contributed by atoms with E-state index in [1.165, 1.54) is 25.7 Å². The number of imidazole rings is 1. The first-order chi connectivity index (χ1) is 12.9. The van der Waals surface area contributed by atoms with E-state index in [-0.39, 0.29) is 18.4 Å². The van der Waals surface area contributed by atoms with Crippen molar-refractivity contribution in [3.8, 4) is 0 Å². The molecule has 1 aromatic rings. The molecule has 3 heterocycles. The molecule has 1 saturated carbocycles. The van der Waals surface area contributed by atoms with Gasteiger partial charge in [-0.1, -0.05) is 12.8 Å². The number of ether oxygens (including phenoxy) is 1. The molecular formula is C18H28N7O+. The van der Waals surface area contributed by atoms with E-state index in [9.17, 15) is 0 Å². The molecule has 0 radical (unpaired) electrons. The molecule has 3 atom stereocenters. The molecule has 1 fully saturated rings. The monoisotopic (exact) mass is 358 g/mol. The second kappa shape index (κ2) is 8.53. The van der Waals surface area contributed by atoms with E-state index >= 15 is 0 Å². The summed E-state index contributed by atoms with van der Waals surface area (Å²) in [6.07, 6.45) is 17.8. The molecule has 3 aliphatic rings. The van der Waals surface area contributed by atoms with E-state index in [0.717, 1.165) is 32.4 Å². The summed E-state index contributed by atoms with van der Waals surface area (Å²) < 4.78 is 10.1. The summed E-state index contributed by atoms with van der Waals surface area (Å²) in [5.74, 6) is 0.555. The molecule has 26 heavy (non-hydrogen) atoms. The van der Waals surface area contributed by atoms with Crippen LogP contribution >= 0.6 is 0 Å². The van der Waals surface area contributed by atoms with Crippen LogP contribution in [0.2, 0.25) is 0 Å². The van der Waals surface area contributed by atoms with Gasteiger partial charge in [0.1, 0.15) is 0 Å². The van der Waals surface area contributed by atoms with Crippen molar-refractivity contribution in [2.75, 3.05) is 6.54 Å². The Morgan fingerprint density at radius 2 is 2.19 bits per heavy atom. The summed E-state index contributed by atoms with van der Waals surface area (Å²) in [6, 6.07) is 0. The molecule has 1 aliphatic carbocycles. The van der Waals surface area contributed by atoms with Crippen LogP contribution in [0, 0.1) is 5.92 Å². The van der Waals surface area contributed by atoms with Crippen LogP contribution in [0.25, 0.3) is 0 Å². The molecule has 0 saturated heterocycles. The van der Waals surface area contributed by atoms with Crippen LogP contribution in [0.1, 0.15) is 44.9 Å². The number of allylic oxidation sites excluding steroid dienone is 1. The SMILES string of the molecule is C1=CO[C@H](C(NCCCn2ccnc2)[N+]2=NN=NC2C2CCCC2)CC1. The van der Waals surface area contributed by atoms with Crippen LogP contribution in [-0.2, 0) is 11.3 Å². The van der Waals surface area contributed by atoms with Crippen molar-refractivity contribution in [3.63, 3.8) is 0 Å². The Balaban J connectivity index is 1.39. The van der Waals surface area contributed by atoms with Crippen molar-refractivity contribution in [2.45, 2.75) is 69.9 Å². The van der Waals surface area contributed by atoms with Gasteiger partial charge in [0.15, 0.2) is 11.3 Å². The van der Waals surface area contributed by atoms with E-state index in [2.05, 4.69) is 41.2 Å². The molecule has 1 aromatic heterocycles. The summed E-state index contributed by atoms with van der Waals surface area (Å²) in [5.41, 5.74) is 0. The van der Waals surface area contributed by atoms with E-state index in [1.54, 1.807) is 0 Å². The number of hydrogen-bond acceptors (Lipinski definition) is 6. The van der Waals surface area contributed by atoms with E-state index < -0.39 is 0 Å². The van der Waals surface area contributed by atoms with Crippen LogP contribution in [0.4, 0.5) is 0 Å². The normalized spacial score (nSPS) is 26.8. The van der Waals surface area contributed by atoms with Gasteiger partial charge in [-0.05, 0) is 38.2 Å². The lowest BCUT2D eigenvalue weighted by Crippen LogP contribution is -2.52. The van der Waals surface area contributed by atoms with Gasteiger partial charge in [0.25, 0.3) is 6.17 Å².